The van der Waals surface area contributed by atoms with Gasteiger partial charge in [-0.3, -0.25) is 0 Å². The van der Waals surface area contributed by atoms with Gasteiger partial charge in [0.1, 0.15) is 5.60 Å². The van der Waals surface area contributed by atoms with Crippen LogP contribution in [-0.2, 0) is 4.74 Å². The summed E-state index contributed by atoms with van der Waals surface area (Å²) < 4.78 is 5.51. The summed E-state index contributed by atoms with van der Waals surface area (Å²) in [5.41, 5.74) is -0.412. The minimum absolute atomic E-state index is 0.159. The first kappa shape index (κ1) is 18.3. The Labute approximate surface area is 130 Å². The van der Waals surface area contributed by atoms with Gasteiger partial charge in [-0.2, -0.15) is 0 Å². The average Bonchev–Trinajstić information content (AvgIpc) is 3.20. The summed E-state index contributed by atoms with van der Waals surface area (Å²) in [7, 11) is 0. The van der Waals surface area contributed by atoms with Crippen LogP contribution >= 0.6 is 0 Å². The first-order valence-corrected chi connectivity index (χ1v) is 8.60. The zero-order valence-electron chi connectivity index (χ0n) is 14.6. The van der Waals surface area contributed by atoms with E-state index in [9.17, 15) is 4.79 Å². The third kappa shape index (κ3) is 7.70. The van der Waals surface area contributed by atoms with Crippen molar-refractivity contribution in [1.29, 1.82) is 0 Å². The van der Waals surface area contributed by atoms with Crippen LogP contribution in [0.25, 0.3) is 0 Å². The van der Waals surface area contributed by atoms with Crippen LogP contribution in [0.4, 0.5) is 4.79 Å². The summed E-state index contributed by atoms with van der Waals surface area (Å²) in [5.74, 6) is 0. The van der Waals surface area contributed by atoms with Crippen LogP contribution in [0, 0.1) is 0 Å². The van der Waals surface area contributed by atoms with E-state index in [4.69, 9.17) is 4.74 Å². The lowest BCUT2D eigenvalue weighted by Crippen LogP contribution is -2.43. The number of carbonyl (C=O) groups excluding carboxylic acids is 1. The molecule has 4 nitrogen and oxygen atoms in total. The number of carbonyl (C=O) groups is 1. The molecule has 4 heteroatoms. The normalized spacial score (nSPS) is 16.6. The molecule has 0 heterocycles. The molecule has 1 atom stereocenters. The first-order chi connectivity index (χ1) is 9.87. The lowest BCUT2D eigenvalue weighted by Gasteiger charge is -2.28. The molecule has 0 aliphatic heterocycles. The molecule has 1 rings (SSSR count). The van der Waals surface area contributed by atoms with E-state index in [1.807, 2.05) is 25.7 Å². The monoisotopic (exact) mass is 298 g/mol. The topological polar surface area (TPSA) is 41.6 Å². The summed E-state index contributed by atoms with van der Waals surface area (Å²) in [4.78, 5) is 14.1. The Morgan fingerprint density at radius 2 is 2.00 bits per heavy atom. The Bertz CT molecular complexity index is 308. The Hall–Kier alpha value is -0.770. The average molecular weight is 298 g/mol. The molecule has 1 fully saturated rings. The van der Waals surface area contributed by atoms with E-state index >= 15 is 0 Å². The van der Waals surface area contributed by atoms with Gasteiger partial charge in [0.2, 0.25) is 0 Å². The molecule has 0 saturated heterocycles. The van der Waals surface area contributed by atoms with E-state index in [-0.39, 0.29) is 6.09 Å². The summed E-state index contributed by atoms with van der Waals surface area (Å²) in [6, 6.07) is 0.974. The number of rotatable bonds is 9. The third-order valence-corrected chi connectivity index (χ3v) is 3.80. The van der Waals surface area contributed by atoms with Crippen molar-refractivity contribution in [1.82, 2.24) is 10.2 Å². The zero-order chi connectivity index (χ0) is 15.9. The van der Waals surface area contributed by atoms with Gasteiger partial charge >= 0.3 is 6.09 Å². The molecule has 0 aromatic heterocycles. The predicted molar refractivity (Wildman–Crippen MR) is 87.6 cm³/mol. The van der Waals surface area contributed by atoms with Gasteiger partial charge in [-0.1, -0.05) is 26.7 Å². The molecule has 1 aliphatic rings. The number of unbranched alkanes of at least 4 members (excludes halogenated alkanes) is 1. The van der Waals surface area contributed by atoms with Crippen LogP contribution in [0.2, 0.25) is 0 Å². The second kappa shape index (κ2) is 8.62. The largest absolute Gasteiger partial charge is 0.444 e. The van der Waals surface area contributed by atoms with Crippen molar-refractivity contribution >= 4 is 6.09 Å². The number of hydrogen-bond donors (Lipinski definition) is 1. The Balaban J connectivity index is 2.36. The number of hydrogen-bond acceptors (Lipinski definition) is 3. The molecule has 0 spiro atoms. The molecule has 1 unspecified atom stereocenters. The maximum Gasteiger partial charge on any atom is 0.410 e. The molecule has 1 aliphatic carbocycles. The van der Waals surface area contributed by atoms with Crippen molar-refractivity contribution in [3.8, 4) is 0 Å². The van der Waals surface area contributed by atoms with Crippen LogP contribution in [0.1, 0.15) is 73.1 Å². The molecular weight excluding hydrogens is 264 g/mol. The van der Waals surface area contributed by atoms with E-state index in [0.717, 1.165) is 32.4 Å². The quantitative estimate of drug-likeness (QED) is 0.701. The van der Waals surface area contributed by atoms with Gasteiger partial charge in [0.15, 0.2) is 0 Å². The fourth-order valence-electron chi connectivity index (χ4n) is 2.42. The standard InChI is InChI=1S/C17H34N2O2/c1-6-8-9-14(7-2)18-12-13-19(15-10-11-15)16(20)21-17(3,4)5/h14-15,18H,6-13H2,1-5H3. The molecule has 1 N–H and O–H groups in total. The van der Waals surface area contributed by atoms with E-state index in [2.05, 4.69) is 19.2 Å². The molecule has 0 bridgehead atoms. The van der Waals surface area contributed by atoms with Gasteiger partial charge < -0.3 is 15.0 Å². The van der Waals surface area contributed by atoms with Crippen molar-refractivity contribution in [3.05, 3.63) is 0 Å². The van der Waals surface area contributed by atoms with Gasteiger partial charge in [-0.05, 0) is 46.5 Å². The Kier molecular flexibility index (Phi) is 7.50. The number of ether oxygens (including phenoxy) is 1. The molecule has 0 aromatic rings. The minimum Gasteiger partial charge on any atom is -0.444 e. The second-order valence-corrected chi connectivity index (χ2v) is 7.11. The second-order valence-electron chi connectivity index (χ2n) is 7.11. The summed E-state index contributed by atoms with van der Waals surface area (Å²) in [5, 5.41) is 3.59. The van der Waals surface area contributed by atoms with Gasteiger partial charge in [-0.25, -0.2) is 4.79 Å². The van der Waals surface area contributed by atoms with Gasteiger partial charge in [-0.15, -0.1) is 0 Å². The smallest absolute Gasteiger partial charge is 0.410 e. The van der Waals surface area contributed by atoms with Gasteiger partial charge in [0, 0.05) is 25.2 Å². The zero-order valence-corrected chi connectivity index (χ0v) is 14.6. The number of nitrogens with one attached hydrogen (secondary N) is 1. The first-order valence-electron chi connectivity index (χ1n) is 8.60. The molecule has 21 heavy (non-hydrogen) atoms. The highest BCUT2D eigenvalue weighted by Crippen LogP contribution is 2.28. The van der Waals surface area contributed by atoms with Crippen LogP contribution in [-0.4, -0.2) is 41.8 Å². The maximum absolute atomic E-state index is 12.2. The fraction of sp³-hybridized carbons (Fsp3) is 0.941. The van der Waals surface area contributed by atoms with E-state index < -0.39 is 5.60 Å². The molecular formula is C17H34N2O2. The van der Waals surface area contributed by atoms with E-state index in [1.165, 1.54) is 19.3 Å². The number of nitrogens with zero attached hydrogens (tertiary/aromatic N) is 1. The summed E-state index contributed by atoms with van der Waals surface area (Å²) in [6.45, 7) is 11.8. The number of amides is 1. The molecule has 0 aromatic carbocycles. The van der Waals surface area contributed by atoms with Gasteiger partial charge in [0.25, 0.3) is 0 Å². The van der Waals surface area contributed by atoms with Crippen LogP contribution in [0.15, 0.2) is 0 Å². The van der Waals surface area contributed by atoms with Crippen LogP contribution in [0.3, 0.4) is 0 Å². The highest BCUT2D eigenvalue weighted by molar-refractivity contribution is 5.69. The molecule has 1 saturated carbocycles. The molecule has 1 amide bonds. The third-order valence-electron chi connectivity index (χ3n) is 3.80. The molecule has 0 radical (unpaired) electrons. The van der Waals surface area contributed by atoms with Crippen molar-refractivity contribution in [2.45, 2.75) is 90.8 Å². The Morgan fingerprint density at radius 1 is 1.33 bits per heavy atom. The minimum atomic E-state index is -0.412. The highest BCUT2D eigenvalue weighted by Gasteiger charge is 2.34. The van der Waals surface area contributed by atoms with Crippen molar-refractivity contribution in [3.63, 3.8) is 0 Å². The van der Waals surface area contributed by atoms with Crippen molar-refractivity contribution < 1.29 is 9.53 Å². The lowest BCUT2D eigenvalue weighted by atomic mass is 10.1. The van der Waals surface area contributed by atoms with Crippen LogP contribution in [0.5, 0.6) is 0 Å². The summed E-state index contributed by atoms with van der Waals surface area (Å²) >= 11 is 0. The Morgan fingerprint density at radius 3 is 2.48 bits per heavy atom. The van der Waals surface area contributed by atoms with Crippen molar-refractivity contribution in [2.24, 2.45) is 0 Å². The SMILES string of the molecule is CCCCC(CC)NCCN(C(=O)OC(C)(C)C)C1CC1. The highest BCUT2D eigenvalue weighted by atomic mass is 16.6. The van der Waals surface area contributed by atoms with E-state index in [0.29, 0.717) is 12.1 Å². The summed E-state index contributed by atoms with van der Waals surface area (Å²) in [6.07, 6.45) is 6.96. The van der Waals surface area contributed by atoms with E-state index in [1.54, 1.807) is 0 Å². The predicted octanol–water partition coefficient (Wildman–Crippen LogP) is 3.94. The molecule has 124 valence electrons. The fourth-order valence-corrected chi connectivity index (χ4v) is 2.42. The van der Waals surface area contributed by atoms with Crippen LogP contribution < -0.4 is 5.32 Å². The van der Waals surface area contributed by atoms with Gasteiger partial charge in [0.05, 0.1) is 0 Å². The van der Waals surface area contributed by atoms with Crippen molar-refractivity contribution in [2.75, 3.05) is 13.1 Å². The maximum atomic E-state index is 12.2. The lowest BCUT2D eigenvalue weighted by molar-refractivity contribution is 0.0234.